The third kappa shape index (κ3) is 4.64. The van der Waals surface area contributed by atoms with Crippen LogP contribution in [0.5, 0.6) is 0 Å². The molecule has 2 rings (SSSR count). The summed E-state index contributed by atoms with van der Waals surface area (Å²) in [4.78, 5) is 24.9. The number of hydrogen-bond acceptors (Lipinski definition) is 3. The second-order valence-electron chi connectivity index (χ2n) is 7.06. The number of hydrogen-bond donors (Lipinski definition) is 1. The maximum Gasteiger partial charge on any atom is 0.416 e. The van der Waals surface area contributed by atoms with Gasteiger partial charge in [0.25, 0.3) is 0 Å². The first-order chi connectivity index (χ1) is 11.4. The van der Waals surface area contributed by atoms with Crippen LogP contribution in [0.3, 0.4) is 0 Å². The predicted octanol–water partition coefficient (Wildman–Crippen LogP) is 3.74. The first-order valence-electron chi connectivity index (χ1n) is 7.76. The Kier molecular flexibility index (Phi) is 5.02. The number of ether oxygens (including phenoxy) is 1. The molecule has 0 saturated carbocycles. The molecule has 1 amide bonds. The number of likely N-dealkylation sites (tertiary alicyclic amines) is 1. The molecule has 1 heterocycles. The van der Waals surface area contributed by atoms with Gasteiger partial charge in [-0.1, -0.05) is 12.1 Å². The minimum atomic E-state index is -4.46. The van der Waals surface area contributed by atoms with E-state index in [1.807, 2.05) is 0 Å². The molecule has 1 aromatic rings. The zero-order chi connectivity index (χ0) is 19.0. The SMILES string of the molecule is CC(C)(C)OC(=O)N1C[C@@H](C(=O)O)[C@H](c2ccc(C(F)(F)F)cc2)C1. The van der Waals surface area contributed by atoms with Crippen molar-refractivity contribution in [3.05, 3.63) is 35.4 Å². The molecule has 5 nitrogen and oxygen atoms in total. The number of carbonyl (C=O) groups is 2. The Labute approximate surface area is 143 Å². The van der Waals surface area contributed by atoms with E-state index in [1.54, 1.807) is 20.8 Å². The van der Waals surface area contributed by atoms with Crippen LogP contribution in [0.1, 0.15) is 37.8 Å². The maximum atomic E-state index is 12.7. The van der Waals surface area contributed by atoms with Crippen molar-refractivity contribution in [2.45, 2.75) is 38.5 Å². The van der Waals surface area contributed by atoms with E-state index in [0.29, 0.717) is 5.56 Å². The number of carboxylic acids is 1. The Balaban J connectivity index is 2.21. The minimum absolute atomic E-state index is 0.0457. The highest BCUT2D eigenvalue weighted by Gasteiger charge is 2.42. The summed E-state index contributed by atoms with van der Waals surface area (Å²) in [6, 6.07) is 4.37. The fraction of sp³-hybridized carbons (Fsp3) is 0.529. The molecule has 8 heteroatoms. The van der Waals surface area contributed by atoms with Gasteiger partial charge in [0.05, 0.1) is 11.5 Å². The second kappa shape index (κ2) is 6.57. The van der Waals surface area contributed by atoms with Gasteiger partial charge in [-0.3, -0.25) is 4.79 Å². The summed E-state index contributed by atoms with van der Waals surface area (Å²) in [5, 5.41) is 9.40. The number of carboxylic acid groups (broad SMARTS) is 1. The van der Waals surface area contributed by atoms with Crippen molar-refractivity contribution in [1.82, 2.24) is 4.90 Å². The van der Waals surface area contributed by atoms with Gasteiger partial charge in [-0.2, -0.15) is 13.2 Å². The Bertz CT molecular complexity index is 649. The normalized spacial score (nSPS) is 21.3. The van der Waals surface area contributed by atoms with E-state index in [9.17, 15) is 27.9 Å². The van der Waals surface area contributed by atoms with E-state index in [1.165, 1.54) is 17.0 Å². The van der Waals surface area contributed by atoms with Crippen LogP contribution in [0.4, 0.5) is 18.0 Å². The smallest absolute Gasteiger partial charge is 0.416 e. The lowest BCUT2D eigenvalue weighted by Crippen LogP contribution is -2.35. The molecular formula is C17H20F3NO4. The number of benzene rings is 1. The zero-order valence-electron chi connectivity index (χ0n) is 14.1. The molecule has 1 aliphatic rings. The van der Waals surface area contributed by atoms with Gasteiger partial charge in [0, 0.05) is 19.0 Å². The highest BCUT2D eigenvalue weighted by atomic mass is 19.4. The largest absolute Gasteiger partial charge is 0.481 e. The van der Waals surface area contributed by atoms with E-state index >= 15 is 0 Å². The van der Waals surface area contributed by atoms with Crippen molar-refractivity contribution in [3.8, 4) is 0 Å². The van der Waals surface area contributed by atoms with E-state index < -0.39 is 41.2 Å². The molecule has 0 unspecified atom stereocenters. The molecule has 1 fully saturated rings. The summed E-state index contributed by atoms with van der Waals surface area (Å²) in [6.07, 6.45) is -5.09. The minimum Gasteiger partial charge on any atom is -0.481 e. The third-order valence-electron chi connectivity index (χ3n) is 3.95. The van der Waals surface area contributed by atoms with Gasteiger partial charge < -0.3 is 14.7 Å². The van der Waals surface area contributed by atoms with Gasteiger partial charge in [0.15, 0.2) is 0 Å². The lowest BCUT2D eigenvalue weighted by Gasteiger charge is -2.24. The first-order valence-corrected chi connectivity index (χ1v) is 7.76. The number of nitrogens with zero attached hydrogens (tertiary/aromatic N) is 1. The molecule has 0 spiro atoms. The van der Waals surface area contributed by atoms with Crippen molar-refractivity contribution in [1.29, 1.82) is 0 Å². The first kappa shape index (κ1) is 19.1. The van der Waals surface area contributed by atoms with Crippen LogP contribution >= 0.6 is 0 Å². The Hall–Kier alpha value is -2.25. The molecule has 138 valence electrons. The molecule has 0 aromatic heterocycles. The summed E-state index contributed by atoms with van der Waals surface area (Å²) in [5.41, 5.74) is -1.07. The lowest BCUT2D eigenvalue weighted by atomic mass is 9.88. The van der Waals surface area contributed by atoms with Crippen LogP contribution in [0, 0.1) is 5.92 Å². The van der Waals surface area contributed by atoms with Crippen LogP contribution in [0.15, 0.2) is 24.3 Å². The Morgan fingerprint density at radius 1 is 1.12 bits per heavy atom. The lowest BCUT2D eigenvalue weighted by molar-refractivity contribution is -0.141. The molecule has 1 saturated heterocycles. The summed E-state index contributed by atoms with van der Waals surface area (Å²) in [7, 11) is 0. The molecule has 25 heavy (non-hydrogen) atoms. The zero-order valence-corrected chi connectivity index (χ0v) is 14.1. The predicted molar refractivity (Wildman–Crippen MR) is 83.1 cm³/mol. The summed E-state index contributed by atoms with van der Waals surface area (Å²) in [5.74, 6) is -2.59. The fourth-order valence-electron chi connectivity index (χ4n) is 2.79. The molecule has 2 atom stereocenters. The molecule has 1 aromatic carbocycles. The number of carbonyl (C=O) groups excluding carboxylic acids is 1. The quantitative estimate of drug-likeness (QED) is 0.874. The Morgan fingerprint density at radius 2 is 1.68 bits per heavy atom. The van der Waals surface area contributed by atoms with Crippen molar-refractivity contribution in [3.63, 3.8) is 0 Å². The van der Waals surface area contributed by atoms with Crippen molar-refractivity contribution < 1.29 is 32.6 Å². The molecular weight excluding hydrogens is 339 g/mol. The number of alkyl halides is 3. The molecule has 1 N–H and O–H groups in total. The third-order valence-corrected chi connectivity index (χ3v) is 3.95. The van der Waals surface area contributed by atoms with Gasteiger partial charge in [0.1, 0.15) is 5.60 Å². The van der Waals surface area contributed by atoms with Crippen LogP contribution in [-0.2, 0) is 15.7 Å². The topological polar surface area (TPSA) is 66.8 Å². The van der Waals surface area contributed by atoms with E-state index in [0.717, 1.165) is 12.1 Å². The van der Waals surface area contributed by atoms with Gasteiger partial charge >= 0.3 is 18.2 Å². The summed E-state index contributed by atoms with van der Waals surface area (Å²) >= 11 is 0. The van der Waals surface area contributed by atoms with Gasteiger partial charge in [-0.25, -0.2) is 4.79 Å². The monoisotopic (exact) mass is 359 g/mol. The van der Waals surface area contributed by atoms with E-state index in [2.05, 4.69) is 0 Å². The molecule has 0 bridgehead atoms. The number of halogens is 3. The van der Waals surface area contributed by atoms with Gasteiger partial charge in [0.2, 0.25) is 0 Å². The molecule has 0 radical (unpaired) electrons. The average Bonchev–Trinajstić information content (AvgIpc) is 2.90. The highest BCUT2D eigenvalue weighted by Crippen LogP contribution is 2.36. The number of aliphatic carboxylic acids is 1. The highest BCUT2D eigenvalue weighted by molar-refractivity contribution is 5.76. The maximum absolute atomic E-state index is 12.7. The summed E-state index contributed by atoms with van der Waals surface area (Å²) < 4.78 is 43.2. The van der Waals surface area contributed by atoms with Crippen LogP contribution < -0.4 is 0 Å². The summed E-state index contributed by atoms with van der Waals surface area (Å²) in [6.45, 7) is 5.13. The van der Waals surface area contributed by atoms with Crippen LogP contribution in [-0.4, -0.2) is 40.8 Å². The van der Waals surface area contributed by atoms with Crippen molar-refractivity contribution in [2.24, 2.45) is 5.92 Å². The van der Waals surface area contributed by atoms with E-state index in [-0.39, 0.29) is 13.1 Å². The fourth-order valence-corrected chi connectivity index (χ4v) is 2.79. The van der Waals surface area contributed by atoms with Gasteiger partial charge in [-0.15, -0.1) is 0 Å². The number of amides is 1. The van der Waals surface area contributed by atoms with Crippen molar-refractivity contribution in [2.75, 3.05) is 13.1 Å². The number of rotatable bonds is 2. The van der Waals surface area contributed by atoms with Gasteiger partial charge in [-0.05, 0) is 38.5 Å². The standard InChI is InChI=1S/C17H20F3NO4/c1-16(2,3)25-15(24)21-8-12(13(9-21)14(22)23)10-4-6-11(7-5-10)17(18,19)20/h4-7,12-13H,8-9H2,1-3H3,(H,22,23)/t12-,13+/m0/s1. The Morgan fingerprint density at radius 3 is 2.12 bits per heavy atom. The van der Waals surface area contributed by atoms with Crippen molar-refractivity contribution >= 4 is 12.1 Å². The average molecular weight is 359 g/mol. The van der Waals surface area contributed by atoms with E-state index in [4.69, 9.17) is 4.74 Å². The molecule has 0 aliphatic carbocycles. The molecule has 1 aliphatic heterocycles. The second-order valence-corrected chi connectivity index (χ2v) is 7.06. The van der Waals surface area contributed by atoms with Crippen LogP contribution in [0.25, 0.3) is 0 Å². The van der Waals surface area contributed by atoms with Crippen LogP contribution in [0.2, 0.25) is 0 Å².